The van der Waals surface area contributed by atoms with Crippen molar-refractivity contribution < 1.29 is 9.53 Å². The zero-order valence-corrected chi connectivity index (χ0v) is 12.2. The van der Waals surface area contributed by atoms with E-state index in [1.165, 1.54) is 11.1 Å². The molecular formula is C16H24N2O2. The third-order valence-corrected chi connectivity index (χ3v) is 3.48. The highest BCUT2D eigenvalue weighted by Gasteiger charge is 2.10. The van der Waals surface area contributed by atoms with Gasteiger partial charge in [0.2, 0.25) is 5.91 Å². The Balaban J connectivity index is 1.93. The summed E-state index contributed by atoms with van der Waals surface area (Å²) in [5.74, 6) is 0.116. The lowest BCUT2D eigenvalue weighted by atomic mass is 10.1. The van der Waals surface area contributed by atoms with E-state index in [9.17, 15) is 4.79 Å². The Labute approximate surface area is 121 Å². The van der Waals surface area contributed by atoms with Crippen molar-refractivity contribution in [2.45, 2.75) is 26.3 Å². The first-order valence-corrected chi connectivity index (χ1v) is 7.36. The zero-order valence-electron chi connectivity index (χ0n) is 12.2. The smallest absolute Gasteiger partial charge is 0.221 e. The molecule has 0 unspecified atom stereocenters. The van der Waals surface area contributed by atoms with Gasteiger partial charge in [-0.15, -0.1) is 0 Å². The third kappa shape index (κ3) is 5.31. The van der Waals surface area contributed by atoms with Gasteiger partial charge in [0.25, 0.3) is 0 Å². The van der Waals surface area contributed by atoms with Crippen LogP contribution in [0.15, 0.2) is 24.3 Å². The Morgan fingerprint density at radius 1 is 1.30 bits per heavy atom. The molecule has 1 aliphatic heterocycles. The maximum absolute atomic E-state index is 11.7. The monoisotopic (exact) mass is 276 g/mol. The zero-order chi connectivity index (χ0) is 14.2. The molecule has 1 aliphatic rings. The van der Waals surface area contributed by atoms with Crippen LogP contribution in [0.3, 0.4) is 0 Å². The van der Waals surface area contributed by atoms with Crippen molar-refractivity contribution in [3.05, 3.63) is 35.4 Å². The summed E-state index contributed by atoms with van der Waals surface area (Å²) in [6.07, 6.45) is 1.58. The van der Waals surface area contributed by atoms with Gasteiger partial charge in [-0.3, -0.25) is 9.69 Å². The third-order valence-electron chi connectivity index (χ3n) is 3.48. The van der Waals surface area contributed by atoms with Crippen molar-refractivity contribution in [3.63, 3.8) is 0 Å². The van der Waals surface area contributed by atoms with E-state index in [0.29, 0.717) is 19.6 Å². The van der Waals surface area contributed by atoms with Gasteiger partial charge in [-0.1, -0.05) is 29.8 Å². The molecule has 0 aliphatic carbocycles. The molecule has 4 nitrogen and oxygen atoms in total. The number of benzene rings is 1. The Morgan fingerprint density at radius 2 is 2.20 bits per heavy atom. The summed E-state index contributed by atoms with van der Waals surface area (Å²) in [5, 5.41) is 2.88. The largest absolute Gasteiger partial charge is 0.380 e. The highest BCUT2D eigenvalue weighted by atomic mass is 16.5. The van der Waals surface area contributed by atoms with Crippen molar-refractivity contribution in [3.8, 4) is 0 Å². The molecule has 0 radical (unpaired) electrons. The number of nitrogens with zero attached hydrogens (tertiary/aromatic N) is 1. The van der Waals surface area contributed by atoms with Crippen LogP contribution in [0, 0.1) is 6.92 Å². The van der Waals surface area contributed by atoms with Crippen LogP contribution in [0.1, 0.15) is 24.0 Å². The van der Waals surface area contributed by atoms with Crippen LogP contribution in [0.25, 0.3) is 0 Å². The van der Waals surface area contributed by atoms with Gasteiger partial charge in [-0.05, 0) is 18.9 Å². The van der Waals surface area contributed by atoms with Gasteiger partial charge < -0.3 is 10.1 Å². The van der Waals surface area contributed by atoms with Gasteiger partial charge in [-0.2, -0.15) is 0 Å². The normalized spacial score (nSPS) is 19.1. The van der Waals surface area contributed by atoms with E-state index in [4.69, 9.17) is 4.74 Å². The first-order chi connectivity index (χ1) is 9.74. The number of aryl methyl sites for hydroxylation is 1. The number of nitrogens with one attached hydrogen (secondary N) is 1. The summed E-state index contributed by atoms with van der Waals surface area (Å²) in [4.78, 5) is 14.0. The maximum atomic E-state index is 11.7. The van der Waals surface area contributed by atoms with E-state index in [2.05, 4.69) is 41.4 Å². The van der Waals surface area contributed by atoms with Gasteiger partial charge in [0.15, 0.2) is 0 Å². The van der Waals surface area contributed by atoms with E-state index < -0.39 is 0 Å². The minimum absolute atomic E-state index is 0.116. The van der Waals surface area contributed by atoms with Crippen molar-refractivity contribution in [2.24, 2.45) is 0 Å². The molecule has 0 spiro atoms. The van der Waals surface area contributed by atoms with Crippen LogP contribution in [0.2, 0.25) is 0 Å². The van der Waals surface area contributed by atoms with Crippen LogP contribution in [0.5, 0.6) is 0 Å². The van der Waals surface area contributed by atoms with E-state index in [1.54, 1.807) is 0 Å². The van der Waals surface area contributed by atoms with Gasteiger partial charge in [0, 0.05) is 39.2 Å². The van der Waals surface area contributed by atoms with Crippen LogP contribution in [-0.2, 0) is 16.1 Å². The molecule has 1 aromatic rings. The first kappa shape index (κ1) is 15.0. The topological polar surface area (TPSA) is 41.6 Å². The number of rotatable bonds is 2. The molecule has 1 N–H and O–H groups in total. The summed E-state index contributed by atoms with van der Waals surface area (Å²) < 4.78 is 5.49. The first-order valence-electron chi connectivity index (χ1n) is 7.36. The Morgan fingerprint density at radius 3 is 3.05 bits per heavy atom. The number of carbonyl (C=O) groups excluding carboxylic acids is 1. The molecule has 0 aromatic heterocycles. The van der Waals surface area contributed by atoms with E-state index in [0.717, 1.165) is 32.7 Å². The lowest BCUT2D eigenvalue weighted by Crippen LogP contribution is -2.31. The van der Waals surface area contributed by atoms with Gasteiger partial charge in [-0.25, -0.2) is 0 Å². The van der Waals surface area contributed by atoms with Crippen LogP contribution in [-0.4, -0.2) is 43.7 Å². The van der Waals surface area contributed by atoms with Crippen LogP contribution < -0.4 is 5.32 Å². The molecule has 1 fully saturated rings. The van der Waals surface area contributed by atoms with E-state index in [-0.39, 0.29) is 5.91 Å². The number of hydrogen-bond acceptors (Lipinski definition) is 3. The average molecular weight is 276 g/mol. The summed E-state index contributed by atoms with van der Waals surface area (Å²) >= 11 is 0. The highest BCUT2D eigenvalue weighted by molar-refractivity contribution is 5.76. The molecule has 2 rings (SSSR count). The second-order valence-corrected chi connectivity index (χ2v) is 5.33. The molecule has 1 saturated heterocycles. The predicted octanol–water partition coefficient (Wildman–Crippen LogP) is 1.72. The fourth-order valence-electron chi connectivity index (χ4n) is 2.44. The number of ether oxygens (including phenoxy) is 1. The lowest BCUT2D eigenvalue weighted by Gasteiger charge is -2.22. The molecule has 4 heteroatoms. The Hall–Kier alpha value is -1.39. The molecule has 0 bridgehead atoms. The van der Waals surface area contributed by atoms with Gasteiger partial charge in [0.1, 0.15) is 0 Å². The van der Waals surface area contributed by atoms with Crippen molar-refractivity contribution in [2.75, 3.05) is 32.8 Å². The molecule has 110 valence electrons. The SMILES string of the molecule is Cc1cccc(CN2CCCOCCNC(=O)CC2)c1. The van der Waals surface area contributed by atoms with Crippen molar-refractivity contribution in [1.29, 1.82) is 0 Å². The number of carbonyl (C=O) groups is 1. The summed E-state index contributed by atoms with van der Waals surface area (Å²) in [6, 6.07) is 8.56. The molecule has 0 atom stereocenters. The Kier molecular flexibility index (Phi) is 6.02. The second kappa shape index (κ2) is 8.02. The number of amides is 1. The Bertz CT molecular complexity index is 434. The molecule has 1 aromatic carbocycles. The minimum Gasteiger partial charge on any atom is -0.380 e. The molecule has 1 amide bonds. The lowest BCUT2D eigenvalue weighted by molar-refractivity contribution is -0.121. The summed E-state index contributed by atoms with van der Waals surface area (Å²) in [5.41, 5.74) is 2.59. The fraction of sp³-hybridized carbons (Fsp3) is 0.562. The second-order valence-electron chi connectivity index (χ2n) is 5.33. The van der Waals surface area contributed by atoms with Gasteiger partial charge >= 0.3 is 0 Å². The van der Waals surface area contributed by atoms with Crippen molar-refractivity contribution >= 4 is 5.91 Å². The van der Waals surface area contributed by atoms with Crippen LogP contribution in [0.4, 0.5) is 0 Å². The number of hydrogen-bond donors (Lipinski definition) is 1. The highest BCUT2D eigenvalue weighted by Crippen LogP contribution is 2.09. The van der Waals surface area contributed by atoms with E-state index >= 15 is 0 Å². The molecule has 0 saturated carbocycles. The predicted molar refractivity (Wildman–Crippen MR) is 79.5 cm³/mol. The summed E-state index contributed by atoms with van der Waals surface area (Å²) in [6.45, 7) is 6.79. The van der Waals surface area contributed by atoms with E-state index in [1.807, 2.05) is 0 Å². The van der Waals surface area contributed by atoms with Crippen molar-refractivity contribution in [1.82, 2.24) is 10.2 Å². The van der Waals surface area contributed by atoms with Gasteiger partial charge in [0.05, 0.1) is 6.61 Å². The molecule has 1 heterocycles. The quantitative estimate of drug-likeness (QED) is 0.894. The maximum Gasteiger partial charge on any atom is 0.221 e. The minimum atomic E-state index is 0.116. The van der Waals surface area contributed by atoms with Crippen LogP contribution >= 0.6 is 0 Å². The average Bonchev–Trinajstić information content (AvgIpc) is 2.46. The molecule has 20 heavy (non-hydrogen) atoms. The fourth-order valence-corrected chi connectivity index (χ4v) is 2.44. The molecular weight excluding hydrogens is 252 g/mol. The summed E-state index contributed by atoms with van der Waals surface area (Å²) in [7, 11) is 0. The standard InChI is InChI=1S/C16H24N2O2/c1-14-4-2-5-15(12-14)13-18-8-3-10-20-11-7-17-16(19)6-9-18/h2,4-5,12H,3,6-11,13H2,1H3,(H,17,19).